The molecule has 1 saturated carbocycles. The summed E-state index contributed by atoms with van der Waals surface area (Å²) in [6.07, 6.45) is 0. The third kappa shape index (κ3) is 3.89. The van der Waals surface area contributed by atoms with Gasteiger partial charge in [-0.1, -0.05) is 97.1 Å². The zero-order valence-electron chi connectivity index (χ0n) is 18.0. The fourth-order valence-electron chi connectivity index (χ4n) is 5.26. The smallest absolute Gasteiger partial charge is 0.338 e. The normalized spacial score (nSPS) is 21.8. The van der Waals surface area contributed by atoms with Crippen LogP contribution in [0.1, 0.15) is 33.3 Å². The zero-order chi connectivity index (χ0) is 22.8. The molecular formula is C29H24O4. The number of fused-ring (bicyclic) bond motifs is 1. The summed E-state index contributed by atoms with van der Waals surface area (Å²) >= 11 is 0. The number of carbonyl (C=O) groups excluding carboxylic acids is 1. The molecule has 1 N–H and O–H groups in total. The highest BCUT2D eigenvalue weighted by Crippen LogP contribution is 2.57. The van der Waals surface area contributed by atoms with Gasteiger partial charge >= 0.3 is 11.9 Å². The van der Waals surface area contributed by atoms with E-state index in [0.29, 0.717) is 5.56 Å². The van der Waals surface area contributed by atoms with Crippen LogP contribution in [0.5, 0.6) is 0 Å². The minimum Gasteiger partial charge on any atom is -0.481 e. The van der Waals surface area contributed by atoms with Crippen molar-refractivity contribution in [3.05, 3.63) is 120 Å². The first-order chi connectivity index (χ1) is 16.1. The molecule has 0 bridgehead atoms. The van der Waals surface area contributed by atoms with E-state index in [0.717, 1.165) is 21.9 Å². The van der Waals surface area contributed by atoms with Gasteiger partial charge in [-0.3, -0.25) is 4.79 Å². The monoisotopic (exact) mass is 436 g/mol. The molecular weight excluding hydrogens is 412 g/mol. The Bertz CT molecular complexity index is 1230. The van der Waals surface area contributed by atoms with Crippen LogP contribution >= 0.6 is 0 Å². The van der Waals surface area contributed by atoms with Gasteiger partial charge in [-0.2, -0.15) is 0 Å². The van der Waals surface area contributed by atoms with Gasteiger partial charge in [-0.05, 0) is 28.0 Å². The zero-order valence-corrected chi connectivity index (χ0v) is 18.0. The van der Waals surface area contributed by atoms with E-state index in [2.05, 4.69) is 0 Å². The molecule has 4 heteroatoms. The molecule has 1 aliphatic rings. The summed E-state index contributed by atoms with van der Waals surface area (Å²) in [5.74, 6) is -2.37. The molecule has 2 atom stereocenters. The second-order valence-corrected chi connectivity index (χ2v) is 8.53. The van der Waals surface area contributed by atoms with Crippen molar-refractivity contribution in [3.8, 4) is 0 Å². The molecule has 0 saturated heterocycles. The molecule has 164 valence electrons. The Hall–Kier alpha value is -3.92. The highest BCUT2D eigenvalue weighted by Gasteiger charge is 2.55. The van der Waals surface area contributed by atoms with E-state index in [1.807, 2.05) is 97.1 Å². The van der Waals surface area contributed by atoms with E-state index in [9.17, 15) is 14.7 Å². The van der Waals surface area contributed by atoms with Gasteiger partial charge < -0.3 is 9.84 Å². The van der Waals surface area contributed by atoms with Crippen molar-refractivity contribution in [2.45, 2.75) is 11.8 Å². The number of esters is 1. The molecule has 4 aromatic rings. The van der Waals surface area contributed by atoms with Gasteiger partial charge in [-0.25, -0.2) is 4.79 Å². The van der Waals surface area contributed by atoms with E-state index in [-0.39, 0.29) is 30.3 Å². The number of carboxylic acids is 1. The van der Waals surface area contributed by atoms with Gasteiger partial charge in [0.15, 0.2) is 0 Å². The van der Waals surface area contributed by atoms with Crippen LogP contribution in [0.2, 0.25) is 0 Å². The number of carbonyl (C=O) groups is 2. The Labute approximate surface area is 192 Å². The number of rotatable bonds is 6. The van der Waals surface area contributed by atoms with Gasteiger partial charge in [0.2, 0.25) is 0 Å². The highest BCUT2D eigenvalue weighted by atomic mass is 16.5. The van der Waals surface area contributed by atoms with Crippen molar-refractivity contribution >= 4 is 22.7 Å². The molecule has 0 unspecified atom stereocenters. The van der Waals surface area contributed by atoms with Crippen LogP contribution in [-0.4, -0.2) is 23.7 Å². The molecule has 0 heterocycles. The number of ether oxygens (including phenoxy) is 1. The van der Waals surface area contributed by atoms with Crippen LogP contribution in [0, 0.1) is 11.8 Å². The van der Waals surface area contributed by atoms with Crippen molar-refractivity contribution in [3.63, 3.8) is 0 Å². The van der Waals surface area contributed by atoms with Crippen molar-refractivity contribution in [2.24, 2.45) is 11.8 Å². The molecule has 1 fully saturated rings. The summed E-state index contributed by atoms with van der Waals surface area (Å²) in [4.78, 5) is 25.4. The van der Waals surface area contributed by atoms with Crippen LogP contribution in [0.3, 0.4) is 0 Å². The van der Waals surface area contributed by atoms with Gasteiger partial charge in [0.05, 0.1) is 18.1 Å². The maximum Gasteiger partial charge on any atom is 0.338 e. The number of hydrogen-bond donors (Lipinski definition) is 1. The second-order valence-electron chi connectivity index (χ2n) is 8.53. The lowest BCUT2D eigenvalue weighted by molar-refractivity contribution is -0.151. The standard InChI is InChI=1S/C29H24O4/c30-28(31)27-25(20-11-3-1-4-12-20)24(26(27)21-13-5-2-6-14-21)18-33-29(32)23-17-9-15-19-10-7-8-16-22(19)23/h1-17,24-27H,18H2,(H,30,31)/t24-,25-,26-,27+/m1/s1. The Balaban J connectivity index is 1.45. The fourth-order valence-corrected chi connectivity index (χ4v) is 5.26. The van der Waals surface area contributed by atoms with Crippen LogP contribution in [0.15, 0.2) is 103 Å². The topological polar surface area (TPSA) is 63.6 Å². The number of benzene rings is 4. The van der Waals surface area contributed by atoms with Crippen molar-refractivity contribution in [1.82, 2.24) is 0 Å². The molecule has 0 spiro atoms. The van der Waals surface area contributed by atoms with Crippen LogP contribution in [-0.2, 0) is 9.53 Å². The predicted octanol–water partition coefficient (Wildman–Crippen LogP) is 5.89. The molecule has 0 amide bonds. The average Bonchev–Trinajstić information content (AvgIpc) is 2.84. The molecule has 4 nitrogen and oxygen atoms in total. The van der Waals surface area contributed by atoms with E-state index >= 15 is 0 Å². The first kappa shape index (κ1) is 21.0. The summed E-state index contributed by atoms with van der Waals surface area (Å²) in [7, 11) is 0. The van der Waals surface area contributed by atoms with Crippen LogP contribution in [0.4, 0.5) is 0 Å². The summed E-state index contributed by atoms with van der Waals surface area (Å²) in [5.41, 5.74) is 2.45. The highest BCUT2D eigenvalue weighted by molar-refractivity contribution is 6.04. The Morgan fingerprint density at radius 2 is 1.24 bits per heavy atom. The maximum atomic E-state index is 13.1. The van der Waals surface area contributed by atoms with Gasteiger partial charge in [0, 0.05) is 17.8 Å². The van der Waals surface area contributed by atoms with Crippen molar-refractivity contribution in [1.29, 1.82) is 0 Å². The van der Waals surface area contributed by atoms with E-state index in [4.69, 9.17) is 4.74 Å². The quantitative estimate of drug-likeness (QED) is 0.383. The van der Waals surface area contributed by atoms with E-state index in [1.54, 1.807) is 6.07 Å². The molecule has 33 heavy (non-hydrogen) atoms. The average molecular weight is 437 g/mol. The molecule has 0 aliphatic heterocycles. The second kappa shape index (κ2) is 8.91. The molecule has 5 rings (SSSR count). The fraction of sp³-hybridized carbons (Fsp3) is 0.172. The van der Waals surface area contributed by atoms with Gasteiger partial charge in [0.1, 0.15) is 0 Å². The van der Waals surface area contributed by atoms with Crippen LogP contribution < -0.4 is 0 Å². The lowest BCUT2D eigenvalue weighted by Crippen LogP contribution is -2.49. The number of hydrogen-bond acceptors (Lipinski definition) is 3. The molecule has 1 aliphatic carbocycles. The Kier molecular flexibility index (Phi) is 5.66. The van der Waals surface area contributed by atoms with Gasteiger partial charge in [0.25, 0.3) is 0 Å². The largest absolute Gasteiger partial charge is 0.481 e. The minimum atomic E-state index is -0.825. The lowest BCUT2D eigenvalue weighted by atomic mass is 9.53. The van der Waals surface area contributed by atoms with E-state index in [1.165, 1.54) is 0 Å². The molecule has 0 radical (unpaired) electrons. The predicted molar refractivity (Wildman–Crippen MR) is 127 cm³/mol. The van der Waals surface area contributed by atoms with E-state index < -0.39 is 11.9 Å². The minimum absolute atomic E-state index is 0.130. The summed E-state index contributed by atoms with van der Waals surface area (Å²) in [5, 5.41) is 11.9. The summed E-state index contributed by atoms with van der Waals surface area (Å²) < 4.78 is 5.84. The number of carboxylic acid groups (broad SMARTS) is 1. The SMILES string of the molecule is O=C(OC[C@H]1[C@@H](c2ccccc2)[C@@H](C(=O)O)[C@@H]1c1ccccc1)c1cccc2ccccc12. The number of aliphatic carboxylic acids is 1. The summed E-state index contributed by atoms with van der Waals surface area (Å²) in [6, 6.07) is 32.7. The third-order valence-electron chi connectivity index (χ3n) is 6.77. The van der Waals surface area contributed by atoms with Crippen molar-refractivity contribution in [2.75, 3.05) is 6.61 Å². The lowest BCUT2D eigenvalue weighted by Gasteiger charge is -2.50. The Morgan fingerprint density at radius 3 is 1.85 bits per heavy atom. The molecule has 0 aromatic heterocycles. The van der Waals surface area contributed by atoms with Crippen LogP contribution in [0.25, 0.3) is 10.8 Å². The molecule has 4 aromatic carbocycles. The van der Waals surface area contributed by atoms with Crippen molar-refractivity contribution < 1.29 is 19.4 Å². The summed E-state index contributed by atoms with van der Waals surface area (Å²) in [6.45, 7) is 0.158. The first-order valence-corrected chi connectivity index (χ1v) is 11.1. The Morgan fingerprint density at radius 1 is 0.697 bits per heavy atom. The third-order valence-corrected chi connectivity index (χ3v) is 6.77. The maximum absolute atomic E-state index is 13.1. The van der Waals surface area contributed by atoms with Gasteiger partial charge in [-0.15, -0.1) is 0 Å². The first-order valence-electron chi connectivity index (χ1n) is 11.1.